The number of halogens is 1. The van der Waals surface area contributed by atoms with Crippen molar-refractivity contribution >= 4 is 34.9 Å². The predicted molar refractivity (Wildman–Crippen MR) is 106 cm³/mol. The Balaban J connectivity index is 1.72. The van der Waals surface area contributed by atoms with Gasteiger partial charge in [0, 0.05) is 5.56 Å². The number of hydrogen-bond acceptors (Lipinski definition) is 4. The summed E-state index contributed by atoms with van der Waals surface area (Å²) < 4.78 is 0. The third-order valence-corrected chi connectivity index (χ3v) is 4.93. The van der Waals surface area contributed by atoms with Crippen LogP contribution in [0.1, 0.15) is 28.8 Å². The summed E-state index contributed by atoms with van der Waals surface area (Å²) >= 11 is 5.93. The fraction of sp³-hybridized carbons (Fsp3) is 0.100. The number of aromatic nitrogens is 2. The van der Waals surface area contributed by atoms with E-state index in [2.05, 4.69) is 15.3 Å². The molecule has 3 aromatic rings. The monoisotopic (exact) mass is 394 g/mol. The number of carbonyl (C=O) groups is 2. The van der Waals surface area contributed by atoms with Gasteiger partial charge in [-0.3, -0.25) is 9.89 Å². The largest absolute Gasteiger partial charge is 0.478 e. The standard InChI is InChI=1S/C20H15ClN4O3/c1-11-17(15-10-22-23-18(15)12-5-3-2-4-6-12)19(26)25(24-11)13-7-8-16(21)14(9-13)20(27)28/h2-10,17H,1H3,(H,22,23)(H,27,28). The molecule has 1 aromatic heterocycles. The molecule has 4 rings (SSSR count). The maximum Gasteiger partial charge on any atom is 0.337 e. The number of aromatic amines is 1. The summed E-state index contributed by atoms with van der Waals surface area (Å²) in [5.41, 5.74) is 3.23. The number of nitrogens with one attached hydrogen (secondary N) is 1. The summed E-state index contributed by atoms with van der Waals surface area (Å²) in [7, 11) is 0. The van der Waals surface area contributed by atoms with Gasteiger partial charge >= 0.3 is 5.97 Å². The van der Waals surface area contributed by atoms with E-state index in [1.165, 1.54) is 17.1 Å². The molecule has 1 aliphatic rings. The summed E-state index contributed by atoms with van der Waals surface area (Å²) in [6.07, 6.45) is 1.62. The quantitative estimate of drug-likeness (QED) is 0.700. The number of aromatic carboxylic acids is 1. The lowest BCUT2D eigenvalue weighted by atomic mass is 9.93. The summed E-state index contributed by atoms with van der Waals surface area (Å²) in [4.78, 5) is 24.5. The van der Waals surface area contributed by atoms with Crippen molar-refractivity contribution in [2.24, 2.45) is 5.10 Å². The normalized spacial score (nSPS) is 16.4. The maximum absolute atomic E-state index is 13.2. The second-order valence-electron chi connectivity index (χ2n) is 6.36. The lowest BCUT2D eigenvalue weighted by molar-refractivity contribution is -0.118. The molecule has 140 valence electrons. The Morgan fingerprint density at radius 2 is 1.96 bits per heavy atom. The zero-order chi connectivity index (χ0) is 19.8. The molecule has 0 saturated heterocycles. The zero-order valence-corrected chi connectivity index (χ0v) is 15.5. The van der Waals surface area contributed by atoms with Gasteiger partial charge in [-0.05, 0) is 30.7 Å². The molecule has 1 amide bonds. The highest BCUT2D eigenvalue weighted by Gasteiger charge is 2.38. The van der Waals surface area contributed by atoms with Crippen LogP contribution in [0.5, 0.6) is 0 Å². The number of anilines is 1. The van der Waals surface area contributed by atoms with Crippen LogP contribution in [0, 0.1) is 0 Å². The average Bonchev–Trinajstić information content (AvgIpc) is 3.27. The van der Waals surface area contributed by atoms with E-state index in [9.17, 15) is 14.7 Å². The van der Waals surface area contributed by atoms with Crippen LogP contribution in [0.25, 0.3) is 11.3 Å². The van der Waals surface area contributed by atoms with Gasteiger partial charge in [0.2, 0.25) is 0 Å². The van der Waals surface area contributed by atoms with Crippen LogP contribution in [0.3, 0.4) is 0 Å². The molecule has 2 aromatic carbocycles. The van der Waals surface area contributed by atoms with Crippen LogP contribution >= 0.6 is 11.6 Å². The van der Waals surface area contributed by atoms with Crippen molar-refractivity contribution in [2.45, 2.75) is 12.8 Å². The fourth-order valence-corrected chi connectivity index (χ4v) is 3.47. The van der Waals surface area contributed by atoms with Crippen molar-refractivity contribution in [1.82, 2.24) is 10.2 Å². The second kappa shape index (κ2) is 6.94. The lowest BCUT2D eigenvalue weighted by Gasteiger charge is -2.15. The van der Waals surface area contributed by atoms with Gasteiger partial charge in [0.25, 0.3) is 5.91 Å². The Hall–Kier alpha value is -3.45. The van der Waals surface area contributed by atoms with Crippen molar-refractivity contribution < 1.29 is 14.7 Å². The van der Waals surface area contributed by atoms with Crippen molar-refractivity contribution in [3.05, 3.63) is 70.9 Å². The molecule has 0 fully saturated rings. The van der Waals surface area contributed by atoms with Crippen LogP contribution in [0.2, 0.25) is 5.02 Å². The summed E-state index contributed by atoms with van der Waals surface area (Å²) in [5, 5.41) is 22.0. The van der Waals surface area contributed by atoms with E-state index in [1.54, 1.807) is 19.2 Å². The molecule has 7 nitrogen and oxygen atoms in total. The fourth-order valence-electron chi connectivity index (χ4n) is 3.27. The van der Waals surface area contributed by atoms with Crippen LogP contribution in [0.15, 0.2) is 59.8 Å². The number of carboxylic acid groups (broad SMARTS) is 1. The van der Waals surface area contributed by atoms with E-state index in [1.807, 2.05) is 30.3 Å². The molecule has 0 radical (unpaired) electrons. The molecule has 0 spiro atoms. The lowest BCUT2D eigenvalue weighted by Crippen LogP contribution is -2.26. The van der Waals surface area contributed by atoms with Crippen molar-refractivity contribution in [1.29, 1.82) is 0 Å². The molecule has 0 saturated carbocycles. The van der Waals surface area contributed by atoms with Gasteiger partial charge < -0.3 is 5.11 Å². The zero-order valence-electron chi connectivity index (χ0n) is 14.8. The highest BCUT2D eigenvalue weighted by atomic mass is 35.5. The van der Waals surface area contributed by atoms with Gasteiger partial charge in [0.05, 0.1) is 33.9 Å². The Morgan fingerprint density at radius 3 is 2.68 bits per heavy atom. The minimum atomic E-state index is -1.17. The molecule has 1 aliphatic heterocycles. The highest BCUT2D eigenvalue weighted by Crippen LogP contribution is 2.35. The molecular weight excluding hydrogens is 380 g/mol. The van der Waals surface area contributed by atoms with Crippen LogP contribution in [-0.2, 0) is 4.79 Å². The highest BCUT2D eigenvalue weighted by molar-refractivity contribution is 6.33. The third kappa shape index (κ3) is 2.95. The van der Waals surface area contributed by atoms with E-state index >= 15 is 0 Å². The van der Waals surface area contributed by atoms with Crippen LogP contribution < -0.4 is 5.01 Å². The van der Waals surface area contributed by atoms with Gasteiger partial charge in [0.1, 0.15) is 5.92 Å². The summed E-state index contributed by atoms with van der Waals surface area (Å²) in [6.45, 7) is 1.76. The number of benzene rings is 2. The molecular formula is C20H15ClN4O3. The van der Waals surface area contributed by atoms with Gasteiger partial charge in [-0.1, -0.05) is 41.9 Å². The number of H-pyrrole nitrogens is 1. The van der Waals surface area contributed by atoms with Gasteiger partial charge in [-0.2, -0.15) is 15.2 Å². The molecule has 0 bridgehead atoms. The summed E-state index contributed by atoms with van der Waals surface area (Å²) in [5.74, 6) is -2.07. The Bertz CT molecular complexity index is 1110. The molecule has 28 heavy (non-hydrogen) atoms. The molecule has 2 N–H and O–H groups in total. The maximum atomic E-state index is 13.2. The molecule has 0 aliphatic carbocycles. The Labute approximate surface area is 165 Å². The van der Waals surface area contributed by atoms with Gasteiger partial charge in [0.15, 0.2) is 0 Å². The average molecular weight is 395 g/mol. The van der Waals surface area contributed by atoms with Crippen molar-refractivity contribution in [3.63, 3.8) is 0 Å². The molecule has 2 heterocycles. The SMILES string of the molecule is CC1=NN(c2ccc(Cl)c(C(=O)O)c2)C(=O)C1c1cn[nH]c1-c1ccccc1. The first-order valence-electron chi connectivity index (χ1n) is 8.48. The first-order chi connectivity index (χ1) is 13.5. The number of hydrogen-bond donors (Lipinski definition) is 2. The van der Waals surface area contributed by atoms with E-state index in [-0.39, 0.29) is 16.5 Å². The molecule has 1 unspecified atom stereocenters. The number of rotatable bonds is 4. The number of carbonyl (C=O) groups excluding carboxylic acids is 1. The van der Waals surface area contributed by atoms with E-state index in [0.29, 0.717) is 17.0 Å². The predicted octanol–water partition coefficient (Wildman–Crippen LogP) is 3.93. The van der Waals surface area contributed by atoms with E-state index in [4.69, 9.17) is 11.6 Å². The van der Waals surface area contributed by atoms with Gasteiger partial charge in [-0.25, -0.2) is 4.79 Å². The first kappa shape index (κ1) is 17.9. The topological polar surface area (TPSA) is 98.7 Å². The number of hydrazone groups is 1. The number of carboxylic acids is 1. The summed E-state index contributed by atoms with van der Waals surface area (Å²) in [6, 6.07) is 13.9. The van der Waals surface area contributed by atoms with E-state index < -0.39 is 11.9 Å². The van der Waals surface area contributed by atoms with Crippen LogP contribution in [-0.4, -0.2) is 32.9 Å². The third-order valence-electron chi connectivity index (χ3n) is 4.60. The first-order valence-corrected chi connectivity index (χ1v) is 8.85. The van der Waals surface area contributed by atoms with Crippen LogP contribution in [0.4, 0.5) is 5.69 Å². The number of amides is 1. The number of nitrogens with zero attached hydrogens (tertiary/aromatic N) is 3. The Morgan fingerprint density at radius 1 is 1.21 bits per heavy atom. The smallest absolute Gasteiger partial charge is 0.337 e. The molecule has 1 atom stereocenters. The van der Waals surface area contributed by atoms with Crippen molar-refractivity contribution in [2.75, 3.05) is 5.01 Å². The minimum Gasteiger partial charge on any atom is -0.478 e. The second-order valence-corrected chi connectivity index (χ2v) is 6.77. The molecule has 8 heteroatoms. The minimum absolute atomic E-state index is 0.0865. The van der Waals surface area contributed by atoms with E-state index in [0.717, 1.165) is 11.3 Å². The van der Waals surface area contributed by atoms with Gasteiger partial charge in [-0.15, -0.1) is 0 Å². The van der Waals surface area contributed by atoms with Crippen molar-refractivity contribution in [3.8, 4) is 11.3 Å². The Kier molecular flexibility index (Phi) is 4.44.